The highest BCUT2D eigenvalue weighted by Gasteiger charge is 2.29. The van der Waals surface area contributed by atoms with Crippen LogP contribution in [-0.2, 0) is 29.0 Å². The quantitative estimate of drug-likeness (QED) is 0.150. The minimum absolute atomic E-state index is 0.294. The molecule has 0 aliphatic carbocycles. The van der Waals surface area contributed by atoms with Crippen LogP contribution >= 0.6 is 0 Å². The Labute approximate surface area is 256 Å². The lowest BCUT2D eigenvalue weighted by molar-refractivity contribution is 0.00625. The molecule has 0 radical (unpaired) electrons. The highest BCUT2D eigenvalue weighted by Crippen LogP contribution is 2.39. The van der Waals surface area contributed by atoms with E-state index < -0.39 is 17.4 Å². The summed E-state index contributed by atoms with van der Waals surface area (Å²) in [5.74, 6) is -0.559. The fourth-order valence-corrected chi connectivity index (χ4v) is 5.69. The summed E-state index contributed by atoms with van der Waals surface area (Å²) in [6, 6.07) is 13.3. The van der Waals surface area contributed by atoms with Crippen LogP contribution in [0.4, 0.5) is 8.78 Å². The summed E-state index contributed by atoms with van der Waals surface area (Å²) in [6.45, 7) is 13.1. The maximum atomic E-state index is 15.6. The fourth-order valence-electron chi connectivity index (χ4n) is 5.69. The van der Waals surface area contributed by atoms with E-state index in [1.165, 1.54) is 18.2 Å². The maximum absolute atomic E-state index is 15.6. The van der Waals surface area contributed by atoms with Crippen molar-refractivity contribution in [2.75, 3.05) is 13.2 Å². The summed E-state index contributed by atoms with van der Waals surface area (Å²) < 4.78 is 48.7. The predicted molar refractivity (Wildman–Crippen MR) is 168 cm³/mol. The molecule has 0 bridgehead atoms. The SMILES string of the molecule is CC.Cc1nn2c(c1-c1c(F)ccc3c(CCCOc4cccc5cc(F)ccc45)c(C(=O)OC(C)(C)C)[nH]c13)COCC2. The van der Waals surface area contributed by atoms with Gasteiger partial charge in [-0.05, 0) is 87.9 Å². The maximum Gasteiger partial charge on any atom is 0.355 e. The molecule has 5 aromatic rings. The Morgan fingerprint density at radius 2 is 1.84 bits per heavy atom. The van der Waals surface area contributed by atoms with E-state index >= 15 is 4.39 Å². The van der Waals surface area contributed by atoms with Gasteiger partial charge in [0.15, 0.2) is 0 Å². The Morgan fingerprint density at radius 1 is 1.07 bits per heavy atom. The smallest absolute Gasteiger partial charge is 0.355 e. The molecule has 1 N–H and O–H groups in total. The van der Waals surface area contributed by atoms with Gasteiger partial charge in [0, 0.05) is 21.9 Å². The molecule has 1 aliphatic heterocycles. The lowest BCUT2D eigenvalue weighted by Gasteiger charge is -2.19. The number of ether oxygens (including phenoxy) is 3. The van der Waals surface area contributed by atoms with E-state index in [2.05, 4.69) is 10.1 Å². The molecule has 232 valence electrons. The molecule has 2 aromatic heterocycles. The number of carbonyl (C=O) groups excluding carboxylic acids is 1. The van der Waals surface area contributed by atoms with Crippen LogP contribution in [-0.4, -0.2) is 39.5 Å². The third-order valence-electron chi connectivity index (χ3n) is 7.43. The third-order valence-corrected chi connectivity index (χ3v) is 7.43. The summed E-state index contributed by atoms with van der Waals surface area (Å²) >= 11 is 0. The minimum Gasteiger partial charge on any atom is -0.493 e. The molecule has 1 aliphatic rings. The van der Waals surface area contributed by atoms with E-state index in [9.17, 15) is 9.18 Å². The molecular weight excluding hydrogens is 564 g/mol. The Bertz CT molecular complexity index is 1820. The van der Waals surface area contributed by atoms with Gasteiger partial charge in [-0.15, -0.1) is 0 Å². The molecule has 0 saturated carbocycles. The zero-order valence-corrected chi connectivity index (χ0v) is 26.1. The van der Waals surface area contributed by atoms with Gasteiger partial charge >= 0.3 is 5.97 Å². The van der Waals surface area contributed by atoms with Crippen molar-refractivity contribution < 1.29 is 27.8 Å². The topological polar surface area (TPSA) is 78.4 Å². The summed E-state index contributed by atoms with van der Waals surface area (Å²) in [5, 5.41) is 6.95. The number of hydrogen-bond donors (Lipinski definition) is 1. The standard InChI is InChI=1S/C33H33F2N3O4.C2H6/c1-19-28(26-18-40-16-14-38(26)37-19)29-25(35)13-12-24-23(31(36-30(24)29)32(39)42-33(2,3)4)8-6-15-41-27-9-5-7-20-17-21(34)10-11-22(20)27;1-2/h5,7,9-13,17,36H,6,8,14-16,18H2,1-4H3;1-2H3. The number of esters is 1. The minimum atomic E-state index is -0.712. The van der Waals surface area contributed by atoms with Crippen molar-refractivity contribution in [2.45, 2.75) is 73.1 Å². The molecule has 3 heterocycles. The number of hydrogen-bond acceptors (Lipinski definition) is 5. The molecule has 0 amide bonds. The highest BCUT2D eigenvalue weighted by molar-refractivity contribution is 6.04. The Morgan fingerprint density at radius 3 is 2.61 bits per heavy atom. The Hall–Kier alpha value is -4.24. The second kappa shape index (κ2) is 12.8. The van der Waals surface area contributed by atoms with E-state index in [4.69, 9.17) is 14.2 Å². The van der Waals surface area contributed by atoms with Gasteiger partial charge < -0.3 is 19.2 Å². The Kier molecular flexibility index (Phi) is 9.06. The first kappa shape index (κ1) is 31.2. The summed E-state index contributed by atoms with van der Waals surface area (Å²) in [7, 11) is 0. The highest BCUT2D eigenvalue weighted by atomic mass is 19.1. The van der Waals surface area contributed by atoms with E-state index in [0.29, 0.717) is 73.0 Å². The number of benzene rings is 3. The van der Waals surface area contributed by atoms with Crippen molar-refractivity contribution in [3.63, 3.8) is 0 Å². The molecule has 0 atom stereocenters. The average Bonchev–Trinajstić information content (AvgIpc) is 3.52. The first-order chi connectivity index (χ1) is 21.1. The first-order valence-corrected chi connectivity index (χ1v) is 15.1. The molecule has 3 aromatic carbocycles. The van der Waals surface area contributed by atoms with Gasteiger partial charge in [0.2, 0.25) is 0 Å². The molecule has 6 rings (SSSR count). The number of H-pyrrole nitrogens is 1. The molecule has 9 heteroatoms. The van der Waals surface area contributed by atoms with Crippen LogP contribution in [0.1, 0.15) is 68.5 Å². The first-order valence-electron chi connectivity index (χ1n) is 15.1. The van der Waals surface area contributed by atoms with Gasteiger partial charge in [-0.3, -0.25) is 4.68 Å². The average molecular weight is 604 g/mol. The van der Waals surface area contributed by atoms with Crippen LogP contribution in [0.25, 0.3) is 32.8 Å². The van der Waals surface area contributed by atoms with Crippen molar-refractivity contribution in [1.29, 1.82) is 0 Å². The van der Waals surface area contributed by atoms with Gasteiger partial charge in [0.1, 0.15) is 28.7 Å². The fraction of sp³-hybridized carbons (Fsp3) is 0.371. The molecule has 0 spiro atoms. The number of aromatic nitrogens is 3. The number of aryl methyl sites for hydroxylation is 2. The van der Waals surface area contributed by atoms with Crippen molar-refractivity contribution in [3.8, 4) is 16.9 Å². The van der Waals surface area contributed by atoms with Crippen LogP contribution in [0, 0.1) is 18.6 Å². The van der Waals surface area contributed by atoms with Crippen LogP contribution < -0.4 is 4.74 Å². The normalized spacial score (nSPS) is 13.0. The van der Waals surface area contributed by atoms with Gasteiger partial charge in [0.05, 0.1) is 43.3 Å². The number of aromatic amines is 1. The monoisotopic (exact) mass is 603 g/mol. The molecular formula is C35H39F2N3O4. The number of halogens is 2. The van der Waals surface area contributed by atoms with Crippen LogP contribution in [0.5, 0.6) is 5.75 Å². The lowest BCUT2D eigenvalue weighted by Crippen LogP contribution is -2.24. The number of fused-ring (bicyclic) bond motifs is 3. The Balaban J connectivity index is 0.00000188. The molecule has 44 heavy (non-hydrogen) atoms. The molecule has 0 unspecified atom stereocenters. The van der Waals surface area contributed by atoms with E-state index in [1.54, 1.807) is 12.1 Å². The molecule has 0 fully saturated rings. The molecule has 7 nitrogen and oxygen atoms in total. The zero-order chi connectivity index (χ0) is 31.6. The summed E-state index contributed by atoms with van der Waals surface area (Å²) in [5.41, 5.74) is 3.39. The zero-order valence-electron chi connectivity index (χ0n) is 26.1. The van der Waals surface area contributed by atoms with Crippen LogP contribution in [0.2, 0.25) is 0 Å². The summed E-state index contributed by atoms with van der Waals surface area (Å²) in [4.78, 5) is 16.7. The van der Waals surface area contributed by atoms with Gasteiger partial charge in [0.25, 0.3) is 0 Å². The van der Waals surface area contributed by atoms with E-state index in [-0.39, 0.29) is 5.82 Å². The largest absolute Gasteiger partial charge is 0.493 e. The predicted octanol–water partition coefficient (Wildman–Crippen LogP) is 8.29. The lowest BCUT2D eigenvalue weighted by atomic mass is 9.97. The van der Waals surface area contributed by atoms with Crippen molar-refractivity contribution in [1.82, 2.24) is 14.8 Å². The second-order valence-corrected chi connectivity index (χ2v) is 11.6. The number of rotatable bonds is 7. The number of nitrogens with zero attached hydrogens (tertiary/aromatic N) is 2. The van der Waals surface area contributed by atoms with E-state index in [0.717, 1.165) is 27.4 Å². The van der Waals surface area contributed by atoms with Crippen LogP contribution in [0.3, 0.4) is 0 Å². The van der Waals surface area contributed by atoms with Crippen molar-refractivity contribution >= 4 is 27.6 Å². The van der Waals surface area contributed by atoms with Crippen molar-refractivity contribution in [2.24, 2.45) is 0 Å². The number of nitrogens with one attached hydrogen (secondary N) is 1. The van der Waals surface area contributed by atoms with Gasteiger partial charge in [-0.1, -0.05) is 26.0 Å². The second-order valence-electron chi connectivity index (χ2n) is 11.6. The van der Waals surface area contributed by atoms with Gasteiger partial charge in [-0.25, -0.2) is 13.6 Å². The van der Waals surface area contributed by atoms with Crippen molar-refractivity contribution in [3.05, 3.63) is 82.8 Å². The third kappa shape index (κ3) is 6.19. The van der Waals surface area contributed by atoms with E-state index in [1.807, 2.05) is 64.4 Å². The van der Waals surface area contributed by atoms with Gasteiger partial charge in [-0.2, -0.15) is 5.10 Å². The summed E-state index contributed by atoms with van der Waals surface area (Å²) in [6.07, 6.45) is 1.05. The number of carbonyl (C=O) groups is 1. The molecule has 0 saturated heterocycles. The van der Waals surface area contributed by atoms with Crippen LogP contribution in [0.15, 0.2) is 48.5 Å².